The van der Waals surface area contributed by atoms with Crippen LogP contribution < -0.4 is 10.6 Å². The number of guanidine groups is 1. The highest BCUT2D eigenvalue weighted by Gasteiger charge is 2.24. The summed E-state index contributed by atoms with van der Waals surface area (Å²) in [5.41, 5.74) is 0. The highest BCUT2D eigenvalue weighted by Crippen LogP contribution is 2.18. The summed E-state index contributed by atoms with van der Waals surface area (Å²) in [5, 5.41) is 6.54. The Bertz CT molecular complexity index is 596. The van der Waals surface area contributed by atoms with Crippen molar-refractivity contribution in [2.45, 2.75) is 26.3 Å². The lowest BCUT2D eigenvalue weighted by Gasteiger charge is -2.30. The van der Waals surface area contributed by atoms with Gasteiger partial charge in [0.25, 0.3) is 0 Å². The van der Waals surface area contributed by atoms with E-state index >= 15 is 0 Å². The number of furan rings is 1. The molecular weight excluding hydrogens is 443 g/mol. The molecule has 0 amide bonds. The van der Waals surface area contributed by atoms with Crippen LogP contribution in [0.15, 0.2) is 27.8 Å². The number of piperidine rings is 1. The summed E-state index contributed by atoms with van der Waals surface area (Å²) < 4.78 is 29.9. The van der Waals surface area contributed by atoms with Crippen LogP contribution in [0, 0.1) is 5.92 Å². The molecule has 7 nitrogen and oxygen atoms in total. The molecule has 1 aliphatic heterocycles. The zero-order valence-electron chi connectivity index (χ0n) is 14.2. The molecule has 0 saturated carbocycles. The third-order valence-corrected chi connectivity index (χ3v) is 5.22. The van der Waals surface area contributed by atoms with Crippen LogP contribution >= 0.6 is 24.0 Å². The molecule has 1 aliphatic rings. The lowest BCUT2D eigenvalue weighted by atomic mass is 9.98. The SMILES string of the molecule is CCNC(=NCc1ccco1)NCC1CCN(S(C)(=O)=O)CC1.I. The predicted molar refractivity (Wildman–Crippen MR) is 106 cm³/mol. The third-order valence-electron chi connectivity index (χ3n) is 3.92. The Balaban J connectivity index is 0.00000288. The topological polar surface area (TPSA) is 86.9 Å². The van der Waals surface area contributed by atoms with Gasteiger partial charge in [-0.3, -0.25) is 0 Å². The predicted octanol–water partition coefficient (Wildman–Crippen LogP) is 1.62. The number of halogens is 1. The van der Waals surface area contributed by atoms with E-state index in [4.69, 9.17) is 4.42 Å². The van der Waals surface area contributed by atoms with Crippen LogP contribution in [0.4, 0.5) is 0 Å². The van der Waals surface area contributed by atoms with Crippen LogP contribution in [0.1, 0.15) is 25.5 Å². The molecule has 1 aromatic heterocycles. The van der Waals surface area contributed by atoms with Crippen LogP contribution in [0.3, 0.4) is 0 Å². The first-order chi connectivity index (χ1) is 11.0. The summed E-state index contributed by atoms with van der Waals surface area (Å²) in [6.07, 6.45) is 4.66. The zero-order valence-corrected chi connectivity index (χ0v) is 17.3. The van der Waals surface area contributed by atoms with Crippen molar-refractivity contribution < 1.29 is 12.8 Å². The molecule has 0 spiro atoms. The maximum atomic E-state index is 11.5. The molecule has 24 heavy (non-hydrogen) atoms. The van der Waals surface area contributed by atoms with Gasteiger partial charge in [0, 0.05) is 26.2 Å². The normalized spacial score (nSPS) is 17.3. The van der Waals surface area contributed by atoms with Gasteiger partial charge in [0.2, 0.25) is 10.0 Å². The Morgan fingerprint density at radius 2 is 2.08 bits per heavy atom. The van der Waals surface area contributed by atoms with Gasteiger partial charge in [0.15, 0.2) is 5.96 Å². The average molecular weight is 470 g/mol. The Hall–Kier alpha value is -0.810. The molecule has 1 aromatic rings. The van der Waals surface area contributed by atoms with E-state index in [2.05, 4.69) is 15.6 Å². The van der Waals surface area contributed by atoms with Crippen molar-refractivity contribution in [2.75, 3.05) is 32.4 Å². The van der Waals surface area contributed by atoms with Gasteiger partial charge < -0.3 is 15.1 Å². The molecular formula is C15H27IN4O3S. The van der Waals surface area contributed by atoms with Crippen molar-refractivity contribution in [1.82, 2.24) is 14.9 Å². The fraction of sp³-hybridized carbons (Fsp3) is 0.667. The molecule has 0 unspecified atom stereocenters. The Labute approximate surface area is 161 Å². The van der Waals surface area contributed by atoms with Crippen LogP contribution in [0.2, 0.25) is 0 Å². The largest absolute Gasteiger partial charge is 0.467 e. The van der Waals surface area contributed by atoms with Crippen LogP contribution in [0.5, 0.6) is 0 Å². The van der Waals surface area contributed by atoms with E-state index in [0.29, 0.717) is 25.6 Å². The Kier molecular flexibility index (Phi) is 9.06. The molecule has 2 N–H and O–H groups in total. The first-order valence-corrected chi connectivity index (χ1v) is 9.83. The van der Waals surface area contributed by atoms with Gasteiger partial charge >= 0.3 is 0 Å². The highest BCUT2D eigenvalue weighted by atomic mass is 127. The molecule has 1 fully saturated rings. The summed E-state index contributed by atoms with van der Waals surface area (Å²) in [6, 6.07) is 3.74. The molecule has 0 aromatic carbocycles. The van der Waals surface area contributed by atoms with Crippen LogP contribution in [-0.2, 0) is 16.6 Å². The van der Waals surface area contributed by atoms with Gasteiger partial charge in [-0.2, -0.15) is 0 Å². The van der Waals surface area contributed by atoms with Gasteiger partial charge in [-0.1, -0.05) is 0 Å². The number of hydrogen-bond acceptors (Lipinski definition) is 4. The second-order valence-corrected chi connectivity index (χ2v) is 7.74. The fourth-order valence-electron chi connectivity index (χ4n) is 2.59. The number of rotatable bonds is 6. The molecule has 2 heterocycles. The van der Waals surface area contributed by atoms with Crippen molar-refractivity contribution in [2.24, 2.45) is 10.9 Å². The summed E-state index contributed by atoms with van der Waals surface area (Å²) >= 11 is 0. The Morgan fingerprint density at radius 1 is 1.38 bits per heavy atom. The van der Waals surface area contributed by atoms with E-state index in [9.17, 15) is 8.42 Å². The minimum Gasteiger partial charge on any atom is -0.467 e. The third kappa shape index (κ3) is 6.98. The van der Waals surface area contributed by atoms with Crippen molar-refractivity contribution in [1.29, 1.82) is 0 Å². The lowest BCUT2D eigenvalue weighted by Crippen LogP contribution is -2.44. The van der Waals surface area contributed by atoms with E-state index in [-0.39, 0.29) is 24.0 Å². The molecule has 0 atom stereocenters. The molecule has 0 radical (unpaired) electrons. The zero-order chi connectivity index (χ0) is 16.7. The molecule has 2 rings (SSSR count). The second kappa shape index (κ2) is 10.2. The minimum atomic E-state index is -3.06. The van der Waals surface area contributed by atoms with Gasteiger partial charge in [0.1, 0.15) is 12.3 Å². The van der Waals surface area contributed by atoms with Crippen molar-refractivity contribution in [3.8, 4) is 0 Å². The van der Waals surface area contributed by atoms with Crippen LogP contribution in [-0.4, -0.2) is 51.1 Å². The molecule has 1 saturated heterocycles. The van der Waals surface area contributed by atoms with Crippen molar-refractivity contribution in [3.05, 3.63) is 24.2 Å². The van der Waals surface area contributed by atoms with Crippen LogP contribution in [0.25, 0.3) is 0 Å². The summed E-state index contributed by atoms with van der Waals surface area (Å²) in [6.45, 7) is 5.30. The smallest absolute Gasteiger partial charge is 0.211 e. The summed E-state index contributed by atoms with van der Waals surface area (Å²) in [4.78, 5) is 4.49. The quantitative estimate of drug-likeness (QED) is 0.375. The first-order valence-electron chi connectivity index (χ1n) is 7.98. The maximum Gasteiger partial charge on any atom is 0.211 e. The van der Waals surface area contributed by atoms with E-state index in [1.54, 1.807) is 10.6 Å². The van der Waals surface area contributed by atoms with E-state index in [0.717, 1.165) is 37.7 Å². The van der Waals surface area contributed by atoms with E-state index in [1.807, 2.05) is 19.1 Å². The van der Waals surface area contributed by atoms with E-state index in [1.165, 1.54) is 6.26 Å². The average Bonchev–Trinajstić information content (AvgIpc) is 3.03. The number of sulfonamides is 1. The van der Waals surface area contributed by atoms with Gasteiger partial charge in [0.05, 0.1) is 12.5 Å². The number of nitrogens with one attached hydrogen (secondary N) is 2. The summed E-state index contributed by atoms with van der Waals surface area (Å²) in [7, 11) is -3.06. The van der Waals surface area contributed by atoms with Gasteiger partial charge in [-0.15, -0.1) is 24.0 Å². The van der Waals surface area contributed by atoms with Crippen molar-refractivity contribution >= 4 is 40.0 Å². The van der Waals surface area contributed by atoms with Crippen molar-refractivity contribution in [3.63, 3.8) is 0 Å². The summed E-state index contributed by atoms with van der Waals surface area (Å²) in [5.74, 6) is 2.04. The fourth-order valence-corrected chi connectivity index (χ4v) is 3.46. The van der Waals surface area contributed by atoms with E-state index < -0.39 is 10.0 Å². The molecule has 0 bridgehead atoms. The number of aliphatic imine (C=N–C) groups is 1. The second-order valence-electron chi connectivity index (χ2n) is 5.76. The Morgan fingerprint density at radius 3 is 2.62 bits per heavy atom. The molecule has 138 valence electrons. The molecule has 9 heteroatoms. The van der Waals surface area contributed by atoms with Gasteiger partial charge in [-0.05, 0) is 37.8 Å². The number of hydrogen-bond donors (Lipinski definition) is 2. The highest BCUT2D eigenvalue weighted by molar-refractivity contribution is 14.0. The monoisotopic (exact) mass is 470 g/mol. The number of nitrogens with zero attached hydrogens (tertiary/aromatic N) is 2. The maximum absolute atomic E-state index is 11.5. The minimum absolute atomic E-state index is 0. The van der Waals surface area contributed by atoms with Gasteiger partial charge in [-0.25, -0.2) is 17.7 Å². The first kappa shape index (κ1) is 21.2. The standard InChI is InChI=1S/C15H26N4O3S.HI/c1-3-16-15(18-12-14-5-4-10-22-14)17-11-13-6-8-19(9-7-13)23(2,20)21;/h4-5,10,13H,3,6-9,11-12H2,1-2H3,(H2,16,17,18);1H. The molecule has 0 aliphatic carbocycles. The lowest BCUT2D eigenvalue weighted by molar-refractivity contribution is 0.275.